The maximum absolute atomic E-state index is 14.9. The highest BCUT2D eigenvalue weighted by atomic mass is 35.5. The van der Waals surface area contributed by atoms with Crippen molar-refractivity contribution in [1.29, 1.82) is 0 Å². The Morgan fingerprint density at radius 3 is 2.57 bits per heavy atom. The van der Waals surface area contributed by atoms with Gasteiger partial charge in [-0.25, -0.2) is 9.97 Å². The molecule has 47 heavy (non-hydrogen) atoms. The molecule has 1 fully saturated rings. The molecule has 2 amide bonds. The van der Waals surface area contributed by atoms with Crippen molar-refractivity contribution in [3.63, 3.8) is 0 Å². The zero-order valence-corrected chi connectivity index (χ0v) is 27.0. The minimum Gasteiger partial charge on any atom is -0.504 e. The number of aromatic hydroxyl groups is 1. The van der Waals surface area contributed by atoms with Gasteiger partial charge in [-0.2, -0.15) is 4.39 Å². The molecule has 16 heteroatoms. The van der Waals surface area contributed by atoms with Crippen LogP contribution in [0.5, 0.6) is 17.2 Å². The number of aromatic nitrogens is 4. The first-order chi connectivity index (χ1) is 22.4. The number of nitrogens with one attached hydrogen (secondary N) is 1. The second kappa shape index (κ2) is 12.4. The molecule has 248 valence electrons. The molecule has 0 spiro atoms. The lowest BCUT2D eigenvalue weighted by molar-refractivity contribution is -0.116. The summed E-state index contributed by atoms with van der Waals surface area (Å²) in [5, 5.41) is 13.2. The fourth-order valence-electron chi connectivity index (χ4n) is 6.41. The van der Waals surface area contributed by atoms with Crippen molar-refractivity contribution in [2.75, 3.05) is 51.1 Å². The number of halogens is 2. The molecule has 2 aliphatic heterocycles. The molecule has 5 heterocycles. The summed E-state index contributed by atoms with van der Waals surface area (Å²) in [5.74, 6) is -2.16. The van der Waals surface area contributed by atoms with Crippen LogP contribution in [-0.4, -0.2) is 87.9 Å². The Morgan fingerprint density at radius 2 is 1.89 bits per heavy atom. The molecule has 1 saturated heterocycles. The number of hydrogen-bond acceptors (Lipinski definition) is 10. The van der Waals surface area contributed by atoms with Crippen LogP contribution in [0.15, 0.2) is 23.1 Å². The predicted octanol–water partition coefficient (Wildman–Crippen LogP) is 2.60. The molecule has 2 aliphatic rings. The molecule has 1 aromatic carbocycles. The summed E-state index contributed by atoms with van der Waals surface area (Å²) in [6.07, 6.45) is 2.81. The lowest BCUT2D eigenvalue weighted by atomic mass is 10.00. The number of benzene rings is 1. The summed E-state index contributed by atoms with van der Waals surface area (Å²) >= 11 is 6.26. The first-order valence-corrected chi connectivity index (χ1v) is 15.3. The molecule has 1 atom stereocenters. The number of fused-ring (bicyclic) bond motifs is 2. The number of pyridine rings is 1. The van der Waals surface area contributed by atoms with E-state index in [1.165, 1.54) is 31.0 Å². The van der Waals surface area contributed by atoms with Crippen LogP contribution in [0, 0.1) is 5.95 Å². The summed E-state index contributed by atoms with van der Waals surface area (Å²) in [5.41, 5.74) is 5.68. The molecule has 0 aliphatic carbocycles. The van der Waals surface area contributed by atoms with E-state index in [4.69, 9.17) is 31.8 Å². The largest absolute Gasteiger partial charge is 0.504 e. The third-order valence-corrected chi connectivity index (χ3v) is 8.99. The minimum atomic E-state index is -0.935. The SMILES string of the molecule is COc1c(-c2cn(CC(=O)Nc3cc(N4CCN(C)C[C@@H]4C)nc(F)c3Cl)c3nc4n(c(=O)c23)CCC4)cc(C(N)=O)c(O)c1OC. The Hall–Kier alpha value is -4.89. The summed E-state index contributed by atoms with van der Waals surface area (Å²) in [7, 11) is 4.63. The molecule has 6 rings (SSSR count). The standard InChI is InChI=1S/C31H34ClFN8O6/c1-15-12-38(2)8-9-40(15)21-11-19(24(32)28(33)36-21)35-22(42)14-39-13-18(23-30(39)37-20-6-5-7-41(20)31(23)45)16-10-17(29(34)44)25(43)27(47-4)26(16)46-3/h10-11,13,15,43H,5-9,12,14H2,1-4H3,(H2,34,44)(H,35,36,42)/t15-/m0/s1. The number of amides is 2. The third kappa shape index (κ3) is 5.58. The van der Waals surface area contributed by atoms with Crippen LogP contribution < -0.4 is 31.0 Å². The number of hydrogen-bond donors (Lipinski definition) is 3. The lowest BCUT2D eigenvalue weighted by Gasteiger charge is -2.39. The van der Waals surface area contributed by atoms with Crippen molar-refractivity contribution >= 4 is 46.0 Å². The number of rotatable bonds is 8. The van der Waals surface area contributed by atoms with Gasteiger partial charge in [-0.3, -0.25) is 19.0 Å². The Kier molecular flexibility index (Phi) is 8.44. The van der Waals surface area contributed by atoms with Crippen LogP contribution in [0.25, 0.3) is 22.2 Å². The molecule has 14 nitrogen and oxygen atoms in total. The van der Waals surface area contributed by atoms with Crippen molar-refractivity contribution in [3.8, 4) is 28.4 Å². The van der Waals surface area contributed by atoms with Crippen molar-refractivity contribution in [3.05, 3.63) is 51.0 Å². The van der Waals surface area contributed by atoms with E-state index < -0.39 is 23.5 Å². The molecular weight excluding hydrogens is 635 g/mol. The van der Waals surface area contributed by atoms with Crippen LogP contribution in [-0.2, 0) is 24.3 Å². The van der Waals surface area contributed by atoms with Gasteiger partial charge in [0.15, 0.2) is 11.5 Å². The monoisotopic (exact) mass is 668 g/mol. The summed E-state index contributed by atoms with van der Waals surface area (Å²) in [4.78, 5) is 52.6. The summed E-state index contributed by atoms with van der Waals surface area (Å²) in [6.45, 7) is 4.26. The van der Waals surface area contributed by atoms with E-state index >= 15 is 0 Å². The normalized spacial score (nSPS) is 16.4. The number of phenols is 1. The van der Waals surface area contributed by atoms with E-state index in [1.54, 1.807) is 10.6 Å². The van der Waals surface area contributed by atoms with E-state index in [9.17, 15) is 23.9 Å². The average molecular weight is 669 g/mol. The smallest absolute Gasteiger partial charge is 0.263 e. The van der Waals surface area contributed by atoms with Crippen LogP contribution in [0.3, 0.4) is 0 Å². The molecule has 0 saturated carbocycles. The first-order valence-electron chi connectivity index (χ1n) is 14.9. The molecule has 0 bridgehead atoms. The highest BCUT2D eigenvalue weighted by Gasteiger charge is 2.29. The van der Waals surface area contributed by atoms with E-state index in [-0.39, 0.29) is 68.1 Å². The number of primary amides is 1. The van der Waals surface area contributed by atoms with Crippen molar-refractivity contribution in [2.24, 2.45) is 5.73 Å². The van der Waals surface area contributed by atoms with Crippen molar-refractivity contribution < 1.29 is 28.6 Å². The number of ether oxygens (including phenoxy) is 2. The Bertz CT molecular complexity index is 2000. The van der Waals surface area contributed by atoms with Gasteiger partial charge in [-0.05, 0) is 26.5 Å². The molecule has 4 aromatic rings. The number of methoxy groups -OCH3 is 2. The first kappa shape index (κ1) is 32.1. The van der Waals surface area contributed by atoms with Gasteiger partial charge in [0.25, 0.3) is 11.5 Å². The van der Waals surface area contributed by atoms with Gasteiger partial charge in [0, 0.05) is 62.0 Å². The Morgan fingerprint density at radius 1 is 1.15 bits per heavy atom. The highest BCUT2D eigenvalue weighted by Crippen LogP contribution is 2.47. The predicted molar refractivity (Wildman–Crippen MR) is 173 cm³/mol. The number of carbonyl (C=O) groups excluding carboxylic acids is 2. The van der Waals surface area contributed by atoms with Gasteiger partial charge in [-0.1, -0.05) is 11.6 Å². The maximum atomic E-state index is 14.9. The van der Waals surface area contributed by atoms with Gasteiger partial charge in [0.2, 0.25) is 17.6 Å². The van der Waals surface area contributed by atoms with E-state index in [0.29, 0.717) is 37.6 Å². The van der Waals surface area contributed by atoms with Crippen molar-refractivity contribution in [2.45, 2.75) is 38.9 Å². The number of piperazine rings is 1. The van der Waals surface area contributed by atoms with Crippen LogP contribution in [0.4, 0.5) is 15.9 Å². The zero-order chi connectivity index (χ0) is 33.7. The second-order valence-electron chi connectivity index (χ2n) is 11.7. The molecule has 3 aromatic heterocycles. The molecular formula is C31H34ClFN8O6. The van der Waals surface area contributed by atoms with Gasteiger partial charge >= 0.3 is 0 Å². The average Bonchev–Trinajstić information content (AvgIpc) is 3.64. The second-order valence-corrected chi connectivity index (χ2v) is 12.1. The fourth-order valence-corrected chi connectivity index (χ4v) is 6.56. The number of aryl methyl sites for hydroxylation is 1. The highest BCUT2D eigenvalue weighted by molar-refractivity contribution is 6.33. The van der Waals surface area contributed by atoms with Gasteiger partial charge in [0.05, 0.1) is 30.9 Å². The Balaban J connectivity index is 1.43. The maximum Gasteiger partial charge on any atom is 0.263 e. The number of carbonyl (C=O) groups is 2. The lowest BCUT2D eigenvalue weighted by Crippen LogP contribution is -2.50. The molecule has 0 radical (unpaired) electrons. The summed E-state index contributed by atoms with van der Waals surface area (Å²) < 4.78 is 28.9. The molecule has 0 unspecified atom stereocenters. The fraction of sp³-hybridized carbons (Fsp3) is 0.387. The van der Waals surface area contributed by atoms with Crippen LogP contribution in [0.2, 0.25) is 5.02 Å². The number of nitrogens with two attached hydrogens (primary N) is 1. The Labute approximate surface area is 273 Å². The third-order valence-electron chi connectivity index (χ3n) is 8.63. The van der Waals surface area contributed by atoms with Crippen LogP contribution >= 0.6 is 11.6 Å². The molecule has 4 N–H and O–H groups in total. The van der Waals surface area contributed by atoms with E-state index in [2.05, 4.69) is 15.2 Å². The topological polar surface area (TPSA) is 170 Å². The number of anilines is 2. The van der Waals surface area contributed by atoms with Gasteiger partial charge in [0.1, 0.15) is 28.9 Å². The van der Waals surface area contributed by atoms with Gasteiger partial charge < -0.3 is 40.0 Å². The summed E-state index contributed by atoms with van der Waals surface area (Å²) in [6, 6.07) is 2.89. The zero-order valence-electron chi connectivity index (χ0n) is 26.3. The van der Waals surface area contributed by atoms with Crippen LogP contribution in [0.1, 0.15) is 29.5 Å². The van der Waals surface area contributed by atoms with E-state index in [0.717, 1.165) is 13.1 Å². The van der Waals surface area contributed by atoms with E-state index in [1.807, 2.05) is 18.9 Å². The number of likely N-dealkylation sites (N-methyl/N-ethyl adjacent to an activating group) is 1. The number of nitrogens with zero attached hydrogens (tertiary/aromatic N) is 6. The van der Waals surface area contributed by atoms with Gasteiger partial charge in [-0.15, -0.1) is 0 Å². The quantitative estimate of drug-likeness (QED) is 0.237. The minimum absolute atomic E-state index is 0.0353. The van der Waals surface area contributed by atoms with Crippen molar-refractivity contribution in [1.82, 2.24) is 24.0 Å².